The number of hydrogen-bond donors (Lipinski definition) is 1. The van der Waals surface area contributed by atoms with Crippen LogP contribution in [0.3, 0.4) is 0 Å². The fourth-order valence-corrected chi connectivity index (χ4v) is 4.36. The third-order valence-electron chi connectivity index (χ3n) is 4.26. The smallest absolute Gasteiger partial charge is 0.207 e. The average molecular weight is 336 g/mol. The van der Waals surface area contributed by atoms with Crippen LogP contribution in [0.5, 0.6) is 0 Å². The van der Waals surface area contributed by atoms with Crippen molar-refractivity contribution in [2.75, 3.05) is 0 Å². The first-order valence-corrected chi connectivity index (χ1v) is 9.14. The van der Waals surface area contributed by atoms with E-state index < -0.39 is 15.6 Å². The highest BCUT2D eigenvalue weighted by Crippen LogP contribution is 2.42. The van der Waals surface area contributed by atoms with E-state index >= 15 is 0 Å². The van der Waals surface area contributed by atoms with Crippen LogP contribution in [-0.2, 0) is 15.6 Å². The van der Waals surface area contributed by atoms with Crippen molar-refractivity contribution >= 4 is 21.6 Å². The molecule has 1 aliphatic rings. The fourth-order valence-electron chi connectivity index (χ4n) is 2.78. The summed E-state index contributed by atoms with van der Waals surface area (Å²) in [5.41, 5.74) is 1.50. The van der Waals surface area contributed by atoms with Gasteiger partial charge >= 0.3 is 0 Å². The SMILES string of the molecule is Cc1ccc(S(=O)(=O)NC2(c3ccc(Cl)cc3)CCC2)cc1. The number of sulfonamides is 1. The normalized spacial score (nSPS) is 17.0. The lowest BCUT2D eigenvalue weighted by Crippen LogP contribution is -2.50. The van der Waals surface area contributed by atoms with Gasteiger partial charge in [-0.15, -0.1) is 0 Å². The van der Waals surface area contributed by atoms with E-state index in [0.717, 1.165) is 30.4 Å². The van der Waals surface area contributed by atoms with E-state index in [0.29, 0.717) is 9.92 Å². The minimum Gasteiger partial charge on any atom is -0.207 e. The second kappa shape index (κ2) is 5.69. The Balaban J connectivity index is 1.92. The quantitative estimate of drug-likeness (QED) is 0.917. The summed E-state index contributed by atoms with van der Waals surface area (Å²) in [4.78, 5) is 0.304. The molecule has 1 saturated carbocycles. The number of hydrogen-bond acceptors (Lipinski definition) is 2. The van der Waals surface area contributed by atoms with Gasteiger partial charge in [0.15, 0.2) is 0 Å². The maximum Gasteiger partial charge on any atom is 0.241 e. The Kier molecular flexibility index (Phi) is 4.02. The molecule has 0 saturated heterocycles. The third-order valence-corrected chi connectivity index (χ3v) is 6.07. The molecular weight excluding hydrogens is 318 g/mol. The molecule has 22 heavy (non-hydrogen) atoms. The molecule has 5 heteroatoms. The molecule has 2 aromatic carbocycles. The Labute approximate surface area is 136 Å². The standard InChI is InChI=1S/C17H18ClNO2S/c1-13-3-9-16(10-4-13)22(20,21)19-17(11-2-12-17)14-5-7-15(18)8-6-14/h3-10,19H,2,11-12H2,1H3. The predicted octanol–water partition coefficient (Wildman–Crippen LogP) is 4.01. The molecule has 0 radical (unpaired) electrons. The van der Waals surface area contributed by atoms with Crippen molar-refractivity contribution in [1.82, 2.24) is 4.72 Å². The molecule has 3 nitrogen and oxygen atoms in total. The number of rotatable bonds is 4. The molecule has 0 heterocycles. The van der Waals surface area contributed by atoms with Crippen molar-refractivity contribution < 1.29 is 8.42 Å². The number of benzene rings is 2. The monoisotopic (exact) mass is 335 g/mol. The van der Waals surface area contributed by atoms with E-state index in [9.17, 15) is 8.42 Å². The Bertz CT molecular complexity index is 763. The molecule has 1 aliphatic carbocycles. The van der Waals surface area contributed by atoms with Gasteiger partial charge in [-0.1, -0.05) is 41.4 Å². The molecule has 2 aromatic rings. The minimum atomic E-state index is -3.54. The van der Waals surface area contributed by atoms with Crippen molar-refractivity contribution in [1.29, 1.82) is 0 Å². The lowest BCUT2D eigenvalue weighted by molar-refractivity contribution is 0.224. The van der Waals surface area contributed by atoms with Crippen LogP contribution in [0.4, 0.5) is 0 Å². The molecule has 0 bridgehead atoms. The van der Waals surface area contributed by atoms with E-state index in [1.807, 2.05) is 31.2 Å². The molecule has 0 spiro atoms. The van der Waals surface area contributed by atoms with Crippen molar-refractivity contribution in [3.63, 3.8) is 0 Å². The van der Waals surface area contributed by atoms with Gasteiger partial charge < -0.3 is 0 Å². The first-order chi connectivity index (χ1) is 10.4. The Morgan fingerprint density at radius 1 is 1.00 bits per heavy atom. The Morgan fingerprint density at radius 3 is 2.09 bits per heavy atom. The van der Waals surface area contributed by atoms with Crippen molar-refractivity contribution in [2.24, 2.45) is 0 Å². The summed E-state index contributed by atoms with van der Waals surface area (Å²) in [6, 6.07) is 14.3. The average Bonchev–Trinajstić information content (AvgIpc) is 2.44. The summed E-state index contributed by atoms with van der Waals surface area (Å²) in [6.07, 6.45) is 2.62. The van der Waals surface area contributed by atoms with Crippen LogP contribution in [-0.4, -0.2) is 8.42 Å². The molecule has 1 fully saturated rings. The van der Waals surface area contributed by atoms with Crippen molar-refractivity contribution in [2.45, 2.75) is 36.6 Å². The maximum atomic E-state index is 12.7. The molecule has 1 N–H and O–H groups in total. The Hall–Kier alpha value is -1.36. The van der Waals surface area contributed by atoms with Crippen LogP contribution in [0.25, 0.3) is 0 Å². The van der Waals surface area contributed by atoms with Gasteiger partial charge in [0, 0.05) is 5.02 Å². The first kappa shape index (κ1) is 15.5. The lowest BCUT2D eigenvalue weighted by Gasteiger charge is -2.42. The zero-order valence-electron chi connectivity index (χ0n) is 12.3. The highest BCUT2D eigenvalue weighted by Gasteiger charge is 2.42. The third kappa shape index (κ3) is 2.91. The molecule has 0 aromatic heterocycles. The van der Waals surface area contributed by atoms with Crippen LogP contribution in [0, 0.1) is 6.92 Å². The van der Waals surface area contributed by atoms with E-state index in [1.54, 1.807) is 24.3 Å². The zero-order chi connectivity index (χ0) is 15.8. The first-order valence-electron chi connectivity index (χ1n) is 7.28. The largest absolute Gasteiger partial charge is 0.241 e. The zero-order valence-corrected chi connectivity index (χ0v) is 13.9. The highest BCUT2D eigenvalue weighted by molar-refractivity contribution is 7.89. The number of halogens is 1. The van der Waals surface area contributed by atoms with Crippen LogP contribution in [0.1, 0.15) is 30.4 Å². The van der Waals surface area contributed by atoms with Gasteiger partial charge in [0.2, 0.25) is 10.0 Å². The molecule has 0 unspecified atom stereocenters. The maximum absolute atomic E-state index is 12.7. The lowest BCUT2D eigenvalue weighted by atomic mass is 9.73. The summed E-state index contributed by atoms with van der Waals surface area (Å²) in [5, 5.41) is 0.652. The van der Waals surface area contributed by atoms with Crippen LogP contribution < -0.4 is 4.72 Å². The van der Waals surface area contributed by atoms with E-state index in [1.165, 1.54) is 0 Å². The van der Waals surface area contributed by atoms with Gasteiger partial charge in [-0.2, -0.15) is 0 Å². The molecule has 116 valence electrons. The van der Waals surface area contributed by atoms with E-state index in [4.69, 9.17) is 11.6 Å². The van der Waals surface area contributed by atoms with Gasteiger partial charge in [-0.05, 0) is 56.0 Å². The summed E-state index contributed by atoms with van der Waals surface area (Å²) in [6.45, 7) is 1.94. The molecule has 0 aliphatic heterocycles. The van der Waals surface area contributed by atoms with Crippen LogP contribution in [0.2, 0.25) is 5.02 Å². The second-order valence-corrected chi connectivity index (χ2v) is 7.98. The molecule has 0 atom stereocenters. The van der Waals surface area contributed by atoms with E-state index in [-0.39, 0.29) is 0 Å². The van der Waals surface area contributed by atoms with Crippen LogP contribution >= 0.6 is 11.6 Å². The van der Waals surface area contributed by atoms with Crippen LogP contribution in [0.15, 0.2) is 53.4 Å². The van der Waals surface area contributed by atoms with Crippen molar-refractivity contribution in [3.8, 4) is 0 Å². The van der Waals surface area contributed by atoms with Gasteiger partial charge in [-0.25, -0.2) is 13.1 Å². The van der Waals surface area contributed by atoms with Gasteiger partial charge in [-0.3, -0.25) is 0 Å². The summed E-state index contributed by atoms with van der Waals surface area (Å²) < 4.78 is 28.2. The topological polar surface area (TPSA) is 46.2 Å². The summed E-state index contributed by atoms with van der Waals surface area (Å²) >= 11 is 5.93. The Morgan fingerprint density at radius 2 is 1.59 bits per heavy atom. The molecule has 0 amide bonds. The number of nitrogens with one attached hydrogen (secondary N) is 1. The highest BCUT2D eigenvalue weighted by atomic mass is 35.5. The second-order valence-electron chi connectivity index (χ2n) is 5.86. The summed E-state index contributed by atoms with van der Waals surface area (Å²) in [5.74, 6) is 0. The van der Waals surface area contributed by atoms with Gasteiger partial charge in [0.05, 0.1) is 10.4 Å². The summed E-state index contributed by atoms with van der Waals surface area (Å²) in [7, 11) is -3.54. The number of aryl methyl sites for hydroxylation is 1. The van der Waals surface area contributed by atoms with E-state index in [2.05, 4.69) is 4.72 Å². The van der Waals surface area contributed by atoms with Gasteiger partial charge in [0.25, 0.3) is 0 Å². The van der Waals surface area contributed by atoms with Gasteiger partial charge in [0.1, 0.15) is 0 Å². The molecule has 3 rings (SSSR count). The predicted molar refractivity (Wildman–Crippen MR) is 88.5 cm³/mol. The minimum absolute atomic E-state index is 0.304. The fraction of sp³-hybridized carbons (Fsp3) is 0.294. The van der Waals surface area contributed by atoms with Crippen molar-refractivity contribution in [3.05, 3.63) is 64.7 Å². The molecular formula is C17H18ClNO2S.